The van der Waals surface area contributed by atoms with Gasteiger partial charge in [-0.3, -0.25) is 10.8 Å². The Morgan fingerprint density at radius 2 is 1.94 bits per heavy atom. The van der Waals surface area contributed by atoms with Crippen LogP contribution >= 0.6 is 0 Å². The van der Waals surface area contributed by atoms with Crippen molar-refractivity contribution in [3.8, 4) is 18.1 Å². The fourth-order valence-corrected chi connectivity index (χ4v) is 0.856. The molecule has 0 radical (unpaired) electrons. The van der Waals surface area contributed by atoms with Gasteiger partial charge in [0.15, 0.2) is 0 Å². The molecule has 5 heteroatoms. The summed E-state index contributed by atoms with van der Waals surface area (Å²) in [5.74, 6) is 3.09. The highest BCUT2D eigenvalue weighted by molar-refractivity contribution is 5.94. The lowest BCUT2D eigenvalue weighted by Gasteiger charge is -2.02. The van der Waals surface area contributed by atoms with E-state index in [1.165, 1.54) is 0 Å². The van der Waals surface area contributed by atoms with E-state index in [0.29, 0.717) is 11.3 Å². The van der Waals surface area contributed by atoms with Crippen molar-refractivity contribution in [3.05, 3.63) is 29.8 Å². The maximum Gasteiger partial charge on any atom is 0.148 e. The van der Waals surface area contributed by atoms with Crippen LogP contribution in [-0.4, -0.2) is 18.8 Å². The molecule has 84 valence electrons. The van der Waals surface area contributed by atoms with Crippen molar-refractivity contribution >= 4 is 12.2 Å². The summed E-state index contributed by atoms with van der Waals surface area (Å²) in [5.41, 5.74) is 10.3. The van der Waals surface area contributed by atoms with Crippen LogP contribution in [0.5, 0.6) is 5.75 Å². The molecule has 0 saturated heterocycles. The van der Waals surface area contributed by atoms with Crippen molar-refractivity contribution in [3.63, 3.8) is 0 Å². The van der Waals surface area contributed by atoms with Crippen molar-refractivity contribution in [2.24, 2.45) is 11.5 Å². The minimum Gasteiger partial charge on any atom is -0.481 e. The van der Waals surface area contributed by atoms with Crippen molar-refractivity contribution in [1.82, 2.24) is 0 Å². The van der Waals surface area contributed by atoms with Gasteiger partial charge in [0.05, 0.1) is 6.34 Å². The number of hydrogen-bond donors (Lipinski definition) is 4. The molecular formula is C11H14N4O. The lowest BCUT2D eigenvalue weighted by Crippen LogP contribution is -2.10. The van der Waals surface area contributed by atoms with Crippen LogP contribution in [0.25, 0.3) is 0 Å². The second kappa shape index (κ2) is 7.88. The number of amidine groups is 1. The number of hydrogen-bond acceptors (Lipinski definition) is 3. The van der Waals surface area contributed by atoms with Gasteiger partial charge >= 0.3 is 0 Å². The summed E-state index contributed by atoms with van der Waals surface area (Å²) in [4.78, 5) is 0. The van der Waals surface area contributed by atoms with Gasteiger partial charge in [-0.25, -0.2) is 0 Å². The van der Waals surface area contributed by atoms with Crippen LogP contribution in [-0.2, 0) is 0 Å². The number of nitrogens with two attached hydrogens (primary N) is 2. The van der Waals surface area contributed by atoms with E-state index < -0.39 is 0 Å². The highest BCUT2D eigenvalue weighted by atomic mass is 16.5. The van der Waals surface area contributed by atoms with Gasteiger partial charge in [-0.15, -0.1) is 6.42 Å². The highest BCUT2D eigenvalue weighted by Gasteiger charge is 1.96. The van der Waals surface area contributed by atoms with Gasteiger partial charge in [0.1, 0.15) is 18.2 Å². The zero-order chi connectivity index (χ0) is 12.4. The molecule has 0 saturated carbocycles. The third kappa shape index (κ3) is 5.29. The van der Waals surface area contributed by atoms with Crippen LogP contribution in [0.15, 0.2) is 24.3 Å². The van der Waals surface area contributed by atoms with E-state index in [9.17, 15) is 0 Å². The van der Waals surface area contributed by atoms with E-state index in [2.05, 4.69) is 11.7 Å². The molecule has 0 spiro atoms. The fourth-order valence-electron chi connectivity index (χ4n) is 0.856. The maximum absolute atomic E-state index is 7.15. The van der Waals surface area contributed by atoms with Gasteiger partial charge in [0, 0.05) is 5.56 Å². The number of benzene rings is 1. The van der Waals surface area contributed by atoms with Crippen LogP contribution in [0.1, 0.15) is 5.56 Å². The fraction of sp³-hybridized carbons (Fsp3) is 0.0909. The summed E-state index contributed by atoms with van der Waals surface area (Å²) in [5, 5.41) is 13.0. The van der Waals surface area contributed by atoms with E-state index in [1.807, 2.05) is 0 Å². The molecular weight excluding hydrogens is 204 g/mol. The summed E-state index contributed by atoms with van der Waals surface area (Å²) in [6.07, 6.45) is 5.78. The third-order valence-corrected chi connectivity index (χ3v) is 1.49. The molecule has 0 unspecified atom stereocenters. The van der Waals surface area contributed by atoms with Gasteiger partial charge in [0.2, 0.25) is 0 Å². The third-order valence-electron chi connectivity index (χ3n) is 1.49. The normalized spacial score (nSPS) is 7.94. The SMILES string of the molecule is C#CCOc1ccc(C(=N)N)cc1.N=CN. The van der Waals surface area contributed by atoms with Crippen molar-refractivity contribution < 1.29 is 4.74 Å². The van der Waals surface area contributed by atoms with Gasteiger partial charge in [-0.1, -0.05) is 5.92 Å². The van der Waals surface area contributed by atoms with Crippen LogP contribution in [0, 0.1) is 23.2 Å². The zero-order valence-electron chi connectivity index (χ0n) is 8.73. The molecule has 0 fully saturated rings. The molecule has 0 aromatic heterocycles. The lowest BCUT2D eigenvalue weighted by atomic mass is 10.2. The molecule has 0 atom stereocenters. The Morgan fingerprint density at radius 1 is 1.44 bits per heavy atom. The van der Waals surface area contributed by atoms with Crippen LogP contribution in [0.2, 0.25) is 0 Å². The van der Waals surface area contributed by atoms with E-state index in [1.54, 1.807) is 24.3 Å². The smallest absolute Gasteiger partial charge is 0.148 e. The van der Waals surface area contributed by atoms with E-state index in [0.717, 1.165) is 6.34 Å². The number of terminal acetylenes is 1. The monoisotopic (exact) mass is 218 g/mol. The molecule has 0 aliphatic carbocycles. The molecule has 0 bridgehead atoms. The lowest BCUT2D eigenvalue weighted by molar-refractivity contribution is 0.370. The average molecular weight is 218 g/mol. The van der Waals surface area contributed by atoms with E-state index in [-0.39, 0.29) is 12.4 Å². The van der Waals surface area contributed by atoms with Crippen molar-refractivity contribution in [1.29, 1.82) is 10.8 Å². The first kappa shape index (κ1) is 13.5. The Hall–Kier alpha value is -2.48. The molecule has 1 aromatic carbocycles. The van der Waals surface area contributed by atoms with Gasteiger partial charge in [-0.05, 0) is 24.3 Å². The van der Waals surface area contributed by atoms with Gasteiger partial charge in [0.25, 0.3) is 0 Å². The summed E-state index contributed by atoms with van der Waals surface area (Å²) < 4.78 is 5.14. The largest absolute Gasteiger partial charge is 0.481 e. The summed E-state index contributed by atoms with van der Waals surface area (Å²) in [6.45, 7) is 0.249. The minimum atomic E-state index is 0.0449. The Balaban J connectivity index is 0.000000673. The Kier molecular flexibility index (Phi) is 6.66. The standard InChI is InChI=1S/C10H10N2O.CH4N2/c1-2-7-13-9-5-3-8(4-6-9)10(11)12;2-1-3/h1,3-6H,7H2,(H3,11,12);1H,(H3,2,3). The molecule has 0 aliphatic rings. The molecule has 16 heavy (non-hydrogen) atoms. The molecule has 5 nitrogen and oxygen atoms in total. The van der Waals surface area contributed by atoms with Gasteiger partial charge < -0.3 is 16.2 Å². The first-order valence-corrected chi connectivity index (χ1v) is 4.37. The maximum atomic E-state index is 7.15. The summed E-state index contributed by atoms with van der Waals surface area (Å²) in [6, 6.07) is 6.89. The molecule has 0 amide bonds. The number of rotatable bonds is 3. The molecule has 6 N–H and O–H groups in total. The van der Waals surface area contributed by atoms with E-state index >= 15 is 0 Å². The first-order valence-electron chi connectivity index (χ1n) is 4.37. The first-order chi connectivity index (χ1) is 7.65. The van der Waals surface area contributed by atoms with Crippen LogP contribution in [0.3, 0.4) is 0 Å². The molecule has 0 aliphatic heterocycles. The molecule has 0 heterocycles. The minimum absolute atomic E-state index is 0.0449. The zero-order valence-corrected chi connectivity index (χ0v) is 8.73. The van der Waals surface area contributed by atoms with Crippen molar-refractivity contribution in [2.45, 2.75) is 0 Å². The van der Waals surface area contributed by atoms with Crippen molar-refractivity contribution in [2.75, 3.05) is 6.61 Å². The summed E-state index contributed by atoms with van der Waals surface area (Å²) >= 11 is 0. The second-order valence-electron chi connectivity index (χ2n) is 2.60. The second-order valence-corrected chi connectivity index (χ2v) is 2.60. The Bertz CT molecular complexity index is 378. The number of nitrogens with one attached hydrogen (secondary N) is 2. The van der Waals surface area contributed by atoms with Crippen LogP contribution < -0.4 is 16.2 Å². The summed E-state index contributed by atoms with van der Waals surface area (Å²) in [7, 11) is 0. The average Bonchev–Trinajstić information content (AvgIpc) is 2.28. The quantitative estimate of drug-likeness (QED) is 0.337. The van der Waals surface area contributed by atoms with Gasteiger partial charge in [-0.2, -0.15) is 0 Å². The molecule has 1 aromatic rings. The number of ether oxygens (including phenoxy) is 1. The van der Waals surface area contributed by atoms with E-state index in [4.69, 9.17) is 27.7 Å². The Labute approximate surface area is 94.4 Å². The Morgan fingerprint density at radius 3 is 2.31 bits per heavy atom. The predicted molar refractivity (Wildman–Crippen MR) is 64.8 cm³/mol. The molecule has 1 rings (SSSR count). The highest BCUT2D eigenvalue weighted by Crippen LogP contribution is 2.11. The topological polar surface area (TPSA) is 109 Å². The number of nitrogen functional groups attached to an aromatic ring is 1. The van der Waals surface area contributed by atoms with Crippen LogP contribution in [0.4, 0.5) is 0 Å². The predicted octanol–water partition coefficient (Wildman–Crippen LogP) is 0.535.